The van der Waals surface area contributed by atoms with Crippen LogP contribution in [0.2, 0.25) is 0 Å². The molecule has 0 aliphatic carbocycles. The molecule has 0 atom stereocenters. The topological polar surface area (TPSA) is 41.9 Å². The van der Waals surface area contributed by atoms with Gasteiger partial charge in [-0.3, -0.25) is 0 Å². The summed E-state index contributed by atoms with van der Waals surface area (Å²) in [6.07, 6.45) is 1.63. The summed E-state index contributed by atoms with van der Waals surface area (Å²) in [5.74, 6) is 0.568. The normalized spacial score (nSPS) is 14.0. The van der Waals surface area contributed by atoms with E-state index in [0.29, 0.717) is 25.3 Å². The molecule has 2 aromatic carbocycles. The minimum Gasteiger partial charge on any atom is -0.463 e. The number of hydrogen-bond acceptors (Lipinski definition) is 4. The lowest BCUT2D eigenvalue weighted by Crippen LogP contribution is -2.36. The van der Waals surface area contributed by atoms with Crippen LogP contribution in [0.1, 0.15) is 18.1 Å². The number of benzene rings is 2. The first-order valence-electron chi connectivity index (χ1n) is 8.06. The Bertz CT molecular complexity index is 752. The van der Waals surface area contributed by atoms with E-state index in [2.05, 4.69) is 22.0 Å². The van der Waals surface area contributed by atoms with Crippen LogP contribution in [0.15, 0.2) is 77.4 Å². The zero-order chi connectivity index (χ0) is 16.8. The van der Waals surface area contributed by atoms with Gasteiger partial charge in [-0.1, -0.05) is 60.7 Å². The highest BCUT2D eigenvalue weighted by Crippen LogP contribution is 2.18. The molecule has 0 amide bonds. The highest BCUT2D eigenvalue weighted by atomic mass is 16.5. The molecule has 4 nitrogen and oxygen atoms in total. The van der Waals surface area contributed by atoms with Gasteiger partial charge in [-0.25, -0.2) is 9.79 Å². The maximum atomic E-state index is 12.1. The van der Waals surface area contributed by atoms with E-state index in [1.807, 2.05) is 55.5 Å². The van der Waals surface area contributed by atoms with Crippen LogP contribution in [0.5, 0.6) is 0 Å². The first-order chi connectivity index (χ1) is 11.8. The second kappa shape index (κ2) is 7.59. The second-order valence-electron chi connectivity index (χ2n) is 5.54. The predicted molar refractivity (Wildman–Crippen MR) is 94.5 cm³/mol. The molecule has 0 radical (unpaired) electrons. The molecular formula is C20H20N2O2. The smallest absolute Gasteiger partial charge is 0.337 e. The van der Waals surface area contributed by atoms with Crippen LogP contribution in [-0.2, 0) is 16.1 Å². The molecule has 0 unspecified atom stereocenters. The first-order valence-corrected chi connectivity index (χ1v) is 8.06. The number of nitrogens with zero attached hydrogens (tertiary/aromatic N) is 2. The Labute approximate surface area is 142 Å². The van der Waals surface area contributed by atoms with Crippen molar-refractivity contribution < 1.29 is 9.53 Å². The summed E-state index contributed by atoms with van der Waals surface area (Å²) in [5.41, 5.74) is 2.78. The lowest BCUT2D eigenvalue weighted by molar-refractivity contribution is -0.138. The lowest BCUT2D eigenvalue weighted by atomic mass is 10.1. The molecule has 0 spiro atoms. The van der Waals surface area contributed by atoms with Crippen LogP contribution in [0.25, 0.3) is 0 Å². The Kier molecular flexibility index (Phi) is 5.06. The van der Waals surface area contributed by atoms with Crippen molar-refractivity contribution in [2.24, 2.45) is 4.99 Å². The summed E-state index contributed by atoms with van der Waals surface area (Å²) in [5, 5.41) is 0. The molecule has 122 valence electrons. The molecule has 2 aromatic rings. The Balaban J connectivity index is 1.90. The van der Waals surface area contributed by atoms with Gasteiger partial charge in [0.1, 0.15) is 5.84 Å². The van der Waals surface area contributed by atoms with Crippen molar-refractivity contribution in [3.63, 3.8) is 0 Å². The van der Waals surface area contributed by atoms with Gasteiger partial charge in [0.15, 0.2) is 0 Å². The van der Waals surface area contributed by atoms with E-state index in [-0.39, 0.29) is 5.97 Å². The summed E-state index contributed by atoms with van der Waals surface area (Å²) >= 11 is 0. The second-order valence-corrected chi connectivity index (χ2v) is 5.54. The summed E-state index contributed by atoms with van der Waals surface area (Å²) < 4.78 is 5.12. The van der Waals surface area contributed by atoms with Gasteiger partial charge >= 0.3 is 5.97 Å². The highest BCUT2D eigenvalue weighted by molar-refractivity contribution is 6.02. The van der Waals surface area contributed by atoms with E-state index in [1.165, 1.54) is 5.56 Å². The Morgan fingerprint density at radius 2 is 1.75 bits per heavy atom. The largest absolute Gasteiger partial charge is 0.463 e. The molecule has 1 heterocycles. The van der Waals surface area contributed by atoms with Gasteiger partial charge in [0.05, 0.1) is 18.7 Å². The summed E-state index contributed by atoms with van der Waals surface area (Å²) in [6, 6.07) is 20.2. The van der Waals surface area contributed by atoms with Gasteiger partial charge < -0.3 is 9.64 Å². The van der Waals surface area contributed by atoms with Crippen molar-refractivity contribution in [3.8, 4) is 0 Å². The molecular weight excluding hydrogens is 300 g/mol. The quantitative estimate of drug-likeness (QED) is 0.793. The zero-order valence-corrected chi connectivity index (χ0v) is 13.7. The Morgan fingerprint density at radius 1 is 1.08 bits per heavy atom. The van der Waals surface area contributed by atoms with Crippen molar-refractivity contribution >= 4 is 11.8 Å². The van der Waals surface area contributed by atoms with E-state index < -0.39 is 0 Å². The SMILES string of the molecule is CCOC(=O)C1=CN=C(c2ccccc2)N(Cc2ccccc2)C1. The number of hydrogen-bond donors (Lipinski definition) is 0. The van der Waals surface area contributed by atoms with Crippen LogP contribution in [-0.4, -0.2) is 29.9 Å². The average Bonchev–Trinajstić information content (AvgIpc) is 2.63. The van der Waals surface area contributed by atoms with Crippen LogP contribution in [0, 0.1) is 0 Å². The average molecular weight is 320 g/mol. The Morgan fingerprint density at radius 3 is 2.42 bits per heavy atom. The molecule has 4 heteroatoms. The van der Waals surface area contributed by atoms with Crippen LogP contribution in [0.3, 0.4) is 0 Å². The molecule has 1 aliphatic heterocycles. The molecule has 1 aliphatic rings. The molecule has 0 fully saturated rings. The van der Waals surface area contributed by atoms with Gasteiger partial charge in [-0.2, -0.15) is 0 Å². The fraction of sp³-hybridized carbons (Fsp3) is 0.200. The van der Waals surface area contributed by atoms with Gasteiger partial charge in [-0.15, -0.1) is 0 Å². The summed E-state index contributed by atoms with van der Waals surface area (Å²) in [7, 11) is 0. The number of rotatable bonds is 5. The maximum absolute atomic E-state index is 12.1. The minimum absolute atomic E-state index is 0.300. The van der Waals surface area contributed by atoms with E-state index in [1.54, 1.807) is 6.20 Å². The number of amidine groups is 1. The Hall–Kier alpha value is -2.88. The van der Waals surface area contributed by atoms with Crippen molar-refractivity contribution in [1.82, 2.24) is 4.90 Å². The van der Waals surface area contributed by atoms with Crippen LogP contribution < -0.4 is 0 Å². The molecule has 0 saturated heterocycles. The fourth-order valence-corrected chi connectivity index (χ4v) is 2.66. The monoisotopic (exact) mass is 320 g/mol. The van der Waals surface area contributed by atoms with E-state index >= 15 is 0 Å². The molecule has 0 aromatic heterocycles. The number of carbonyl (C=O) groups excluding carboxylic acids is 1. The van der Waals surface area contributed by atoms with Crippen LogP contribution >= 0.6 is 0 Å². The molecule has 24 heavy (non-hydrogen) atoms. The van der Waals surface area contributed by atoms with Gasteiger partial charge in [0, 0.05) is 18.3 Å². The fourth-order valence-electron chi connectivity index (χ4n) is 2.66. The third-order valence-electron chi connectivity index (χ3n) is 3.79. The third-order valence-corrected chi connectivity index (χ3v) is 3.79. The van der Waals surface area contributed by atoms with Crippen molar-refractivity contribution in [2.45, 2.75) is 13.5 Å². The number of esters is 1. The zero-order valence-electron chi connectivity index (χ0n) is 13.7. The molecule has 0 saturated carbocycles. The van der Waals surface area contributed by atoms with E-state index in [0.717, 1.165) is 11.4 Å². The lowest BCUT2D eigenvalue weighted by Gasteiger charge is -2.29. The predicted octanol–water partition coefficient (Wildman–Crippen LogP) is 3.40. The highest BCUT2D eigenvalue weighted by Gasteiger charge is 2.23. The standard InChI is InChI=1S/C20H20N2O2/c1-2-24-20(23)18-13-21-19(17-11-7-4-8-12-17)22(15-18)14-16-9-5-3-6-10-16/h3-13H,2,14-15H2,1H3. The van der Waals surface area contributed by atoms with Crippen LogP contribution in [0.4, 0.5) is 0 Å². The van der Waals surface area contributed by atoms with E-state index in [4.69, 9.17) is 4.74 Å². The number of ether oxygens (including phenoxy) is 1. The minimum atomic E-state index is -0.300. The summed E-state index contributed by atoms with van der Waals surface area (Å²) in [6.45, 7) is 3.35. The number of carbonyl (C=O) groups is 1. The third kappa shape index (κ3) is 3.71. The molecule has 3 rings (SSSR count). The van der Waals surface area contributed by atoms with Gasteiger partial charge in [0.2, 0.25) is 0 Å². The van der Waals surface area contributed by atoms with Crippen molar-refractivity contribution in [1.29, 1.82) is 0 Å². The van der Waals surface area contributed by atoms with Gasteiger partial charge in [0.25, 0.3) is 0 Å². The van der Waals surface area contributed by atoms with Crippen molar-refractivity contribution in [3.05, 3.63) is 83.6 Å². The number of aliphatic imine (C=N–C) groups is 1. The maximum Gasteiger partial charge on any atom is 0.337 e. The molecule has 0 bridgehead atoms. The summed E-state index contributed by atoms with van der Waals surface area (Å²) in [4.78, 5) is 18.7. The van der Waals surface area contributed by atoms with Crippen molar-refractivity contribution in [2.75, 3.05) is 13.2 Å². The first kappa shape index (κ1) is 16.0. The van der Waals surface area contributed by atoms with E-state index in [9.17, 15) is 4.79 Å². The molecule has 0 N–H and O–H groups in total. The van der Waals surface area contributed by atoms with Gasteiger partial charge in [-0.05, 0) is 12.5 Å².